The molecule has 0 radical (unpaired) electrons. The van der Waals surface area contributed by atoms with E-state index >= 15 is 0 Å². The number of carbonyl (C=O) groups excluding carboxylic acids is 3. The Bertz CT molecular complexity index is 957. The lowest BCUT2D eigenvalue weighted by Crippen LogP contribution is -2.56. The fraction of sp³-hybridized carbons (Fsp3) is 0.720. The Kier molecular flexibility index (Phi) is 6.44. The van der Waals surface area contributed by atoms with Gasteiger partial charge in [-0.3, -0.25) is 14.4 Å². The third kappa shape index (κ3) is 4.08. The van der Waals surface area contributed by atoms with Crippen molar-refractivity contribution in [3.8, 4) is 0 Å². The van der Waals surface area contributed by atoms with Crippen LogP contribution in [-0.2, 0) is 24.0 Å². The lowest BCUT2D eigenvalue weighted by molar-refractivity contribution is -0.757. The summed E-state index contributed by atoms with van der Waals surface area (Å²) in [6, 6.07) is 0. The zero-order valence-corrected chi connectivity index (χ0v) is 19.9. The van der Waals surface area contributed by atoms with Crippen LogP contribution in [0.25, 0.3) is 0 Å². The molecule has 8 atom stereocenters. The first kappa shape index (κ1) is 24.6. The van der Waals surface area contributed by atoms with Gasteiger partial charge in [0.2, 0.25) is 0 Å². The first-order valence-corrected chi connectivity index (χ1v) is 12.1. The van der Waals surface area contributed by atoms with E-state index in [0.717, 1.165) is 24.8 Å². The number of hydrogen-bond donors (Lipinski definition) is 1. The molecule has 3 fully saturated rings. The summed E-state index contributed by atoms with van der Waals surface area (Å²) in [5, 5.41) is 20.6. The minimum absolute atomic E-state index is 0.000651. The quantitative estimate of drug-likeness (QED) is 0.338. The van der Waals surface area contributed by atoms with Crippen molar-refractivity contribution in [2.75, 3.05) is 13.2 Å². The van der Waals surface area contributed by atoms with Gasteiger partial charge in [0.15, 0.2) is 11.6 Å². The van der Waals surface area contributed by atoms with Crippen molar-refractivity contribution >= 4 is 17.5 Å². The molecule has 186 valence electrons. The van der Waals surface area contributed by atoms with Crippen LogP contribution in [0.5, 0.6) is 0 Å². The average molecular weight is 476 g/mol. The number of ketones is 2. The summed E-state index contributed by atoms with van der Waals surface area (Å²) in [6.45, 7) is 5.46. The molecule has 0 bridgehead atoms. The number of aliphatic hydroxyl groups excluding tert-OH is 1. The maximum absolute atomic E-state index is 13.2. The highest BCUT2D eigenvalue weighted by molar-refractivity contribution is 6.01. The van der Waals surface area contributed by atoms with Gasteiger partial charge in [-0.05, 0) is 61.0 Å². The molecule has 0 heterocycles. The smallest absolute Gasteiger partial charge is 0.308 e. The van der Waals surface area contributed by atoms with Crippen molar-refractivity contribution in [2.24, 2.45) is 40.4 Å². The van der Waals surface area contributed by atoms with Crippen molar-refractivity contribution in [1.29, 1.82) is 0 Å². The molecule has 34 heavy (non-hydrogen) atoms. The zero-order valence-electron chi connectivity index (χ0n) is 19.9. The zero-order chi connectivity index (χ0) is 24.8. The minimum atomic E-state index is -0.979. The minimum Gasteiger partial charge on any atom is -0.458 e. The van der Waals surface area contributed by atoms with Gasteiger partial charge in [-0.1, -0.05) is 32.4 Å². The molecule has 0 saturated heterocycles. The highest BCUT2D eigenvalue weighted by Crippen LogP contribution is 2.67. The molecule has 0 amide bonds. The predicted molar refractivity (Wildman–Crippen MR) is 120 cm³/mol. The number of Topliss-reactive ketones (excluding diaryl/α,β-unsaturated/α-hetero) is 1. The van der Waals surface area contributed by atoms with Crippen LogP contribution in [0.1, 0.15) is 52.9 Å². The van der Waals surface area contributed by atoms with Gasteiger partial charge in [-0.2, -0.15) is 0 Å². The Morgan fingerprint density at radius 3 is 2.76 bits per heavy atom. The summed E-state index contributed by atoms with van der Waals surface area (Å²) in [7, 11) is 0. The van der Waals surface area contributed by atoms with Crippen molar-refractivity contribution in [3.63, 3.8) is 0 Å². The number of fused-ring (bicyclic) bond motifs is 5. The van der Waals surface area contributed by atoms with E-state index in [-0.39, 0.29) is 59.6 Å². The average Bonchev–Trinajstić information content (AvgIpc) is 3.01. The molecule has 9 nitrogen and oxygen atoms in total. The fourth-order valence-corrected chi connectivity index (χ4v) is 7.90. The monoisotopic (exact) mass is 475 g/mol. The summed E-state index contributed by atoms with van der Waals surface area (Å²) in [4.78, 5) is 51.4. The topological polar surface area (TPSA) is 133 Å². The Morgan fingerprint density at radius 2 is 2.06 bits per heavy atom. The van der Waals surface area contributed by atoms with Gasteiger partial charge in [0.05, 0.1) is 12.5 Å². The second kappa shape index (κ2) is 8.91. The van der Waals surface area contributed by atoms with E-state index in [0.29, 0.717) is 6.42 Å². The van der Waals surface area contributed by atoms with E-state index in [1.54, 1.807) is 12.2 Å². The molecule has 0 aromatic carbocycles. The summed E-state index contributed by atoms with van der Waals surface area (Å²) in [6.07, 6.45) is 7.43. The third-order valence-electron chi connectivity index (χ3n) is 9.06. The normalized spacial score (nSPS) is 40.5. The highest BCUT2D eigenvalue weighted by Gasteiger charge is 2.64. The van der Waals surface area contributed by atoms with Crippen LogP contribution in [-0.4, -0.2) is 47.0 Å². The lowest BCUT2D eigenvalue weighted by Gasteiger charge is -2.58. The van der Waals surface area contributed by atoms with Crippen LogP contribution in [0.15, 0.2) is 23.8 Å². The molecule has 4 aliphatic rings. The number of nitrogens with zero attached hydrogens (tertiary/aromatic N) is 1. The number of ether oxygens (including phenoxy) is 1. The SMILES string of the molecule is CC1CC2C3CCC4=CC(=O)C=CC4(C)C3C(O)CC2(C)C1C(=O)COC(=O)CCO[N+](=O)[O-]. The number of carbonyl (C=O) groups is 3. The standard InChI is InChI=1S/C25H33NO8/c1-14-10-18-17-5-4-15-11-16(27)6-8-24(15,2)23(17)19(28)12-25(18,3)22(14)20(29)13-33-21(30)7-9-34-26(31)32/h6,8,11,14,17-19,22-23,28H,4-5,7,9-10,12-13H2,1-3H3. The molecule has 0 aromatic rings. The summed E-state index contributed by atoms with van der Waals surface area (Å²) < 4.78 is 5.10. The van der Waals surface area contributed by atoms with Crippen molar-refractivity contribution < 1.29 is 34.2 Å². The second-order valence-electron chi connectivity index (χ2n) is 10.9. The third-order valence-corrected chi connectivity index (χ3v) is 9.06. The van der Waals surface area contributed by atoms with Gasteiger partial charge in [-0.15, -0.1) is 10.1 Å². The second-order valence-corrected chi connectivity index (χ2v) is 10.9. The molecular formula is C25H33NO8. The van der Waals surface area contributed by atoms with Crippen molar-refractivity contribution in [2.45, 2.75) is 59.0 Å². The molecule has 0 spiro atoms. The Hall–Kier alpha value is -2.55. The Labute approximate surface area is 198 Å². The van der Waals surface area contributed by atoms with Gasteiger partial charge in [0.25, 0.3) is 5.09 Å². The molecule has 0 aliphatic heterocycles. The van der Waals surface area contributed by atoms with E-state index in [4.69, 9.17) is 4.74 Å². The Morgan fingerprint density at radius 1 is 1.32 bits per heavy atom. The number of hydrogen-bond acceptors (Lipinski definition) is 8. The van der Waals surface area contributed by atoms with Gasteiger partial charge in [0, 0.05) is 17.3 Å². The molecule has 1 N–H and O–H groups in total. The first-order chi connectivity index (χ1) is 16.0. The molecule has 4 aliphatic carbocycles. The maximum atomic E-state index is 13.2. The van der Waals surface area contributed by atoms with E-state index in [1.165, 1.54) is 0 Å². The fourth-order valence-electron chi connectivity index (χ4n) is 7.90. The molecule has 3 saturated carbocycles. The molecule has 9 heteroatoms. The van der Waals surface area contributed by atoms with Crippen LogP contribution < -0.4 is 0 Å². The van der Waals surface area contributed by atoms with Crippen LogP contribution in [0.3, 0.4) is 0 Å². The summed E-state index contributed by atoms with van der Waals surface area (Å²) in [5.41, 5.74) is 0.324. The van der Waals surface area contributed by atoms with Crippen molar-refractivity contribution in [3.05, 3.63) is 33.9 Å². The molecule has 8 unspecified atom stereocenters. The van der Waals surface area contributed by atoms with Gasteiger partial charge in [0.1, 0.15) is 13.2 Å². The largest absolute Gasteiger partial charge is 0.458 e. The lowest BCUT2D eigenvalue weighted by atomic mass is 9.46. The van der Waals surface area contributed by atoms with E-state index in [9.17, 15) is 29.6 Å². The maximum Gasteiger partial charge on any atom is 0.308 e. The van der Waals surface area contributed by atoms with Crippen molar-refractivity contribution in [1.82, 2.24) is 0 Å². The summed E-state index contributed by atoms with van der Waals surface area (Å²) >= 11 is 0. The van der Waals surface area contributed by atoms with Crippen LogP contribution in [0.2, 0.25) is 0 Å². The predicted octanol–water partition coefficient (Wildman–Crippen LogP) is 2.84. The number of aliphatic hydroxyl groups is 1. The number of allylic oxidation sites excluding steroid dienone is 4. The van der Waals surface area contributed by atoms with Gasteiger partial charge in [-0.25, -0.2) is 0 Å². The highest BCUT2D eigenvalue weighted by atomic mass is 16.9. The van der Waals surface area contributed by atoms with Gasteiger partial charge < -0.3 is 14.7 Å². The van der Waals surface area contributed by atoms with Gasteiger partial charge >= 0.3 is 5.97 Å². The van der Waals surface area contributed by atoms with Crippen LogP contribution >= 0.6 is 0 Å². The molecule has 4 rings (SSSR count). The van der Waals surface area contributed by atoms with E-state index in [2.05, 4.69) is 25.6 Å². The van der Waals surface area contributed by atoms with E-state index < -0.39 is 29.2 Å². The number of rotatable bonds is 7. The molecule has 0 aromatic heterocycles. The Balaban J connectivity index is 1.48. The molecular weight excluding hydrogens is 442 g/mol. The number of esters is 1. The van der Waals surface area contributed by atoms with E-state index in [1.807, 2.05) is 6.08 Å². The summed E-state index contributed by atoms with van der Waals surface area (Å²) in [5.74, 6) is -0.672. The van der Waals surface area contributed by atoms with Crippen LogP contribution in [0, 0.1) is 50.5 Å². The van der Waals surface area contributed by atoms with Crippen LogP contribution in [0.4, 0.5) is 0 Å². The first-order valence-electron chi connectivity index (χ1n) is 12.1.